The van der Waals surface area contributed by atoms with Gasteiger partial charge in [-0.1, -0.05) is 31.4 Å². The molecule has 0 saturated heterocycles. The number of allylic oxidation sites excluding steroid dienone is 2. The SMILES string of the molecule is C[N+](C)(C)CC(O)(CC(=O)[O-])C(=O)CCCC=CCCCCCCCC(=O)O. The van der Waals surface area contributed by atoms with Crippen molar-refractivity contribution in [2.24, 2.45) is 0 Å². The summed E-state index contributed by atoms with van der Waals surface area (Å²) in [6, 6.07) is 0. The lowest BCUT2D eigenvalue weighted by atomic mass is 9.90. The molecule has 0 aliphatic carbocycles. The molecular weight excluding hydrogens is 362 g/mol. The van der Waals surface area contributed by atoms with Gasteiger partial charge in [-0.3, -0.25) is 9.59 Å². The van der Waals surface area contributed by atoms with Crippen LogP contribution in [0, 0.1) is 0 Å². The summed E-state index contributed by atoms with van der Waals surface area (Å²) in [6.07, 6.45) is 10.8. The van der Waals surface area contributed by atoms with E-state index in [0.717, 1.165) is 38.5 Å². The predicted molar refractivity (Wildman–Crippen MR) is 105 cm³/mol. The van der Waals surface area contributed by atoms with Crippen molar-refractivity contribution in [1.82, 2.24) is 0 Å². The Balaban J connectivity index is 4.03. The highest BCUT2D eigenvalue weighted by molar-refractivity contribution is 5.90. The molecule has 28 heavy (non-hydrogen) atoms. The number of likely N-dealkylation sites (N-methyl/N-ethyl adjacent to an activating group) is 1. The first-order valence-electron chi connectivity index (χ1n) is 10.1. The Morgan fingerprint density at radius 2 is 1.43 bits per heavy atom. The fourth-order valence-corrected chi connectivity index (χ4v) is 3.18. The number of unbranched alkanes of at least 4 members (excludes halogenated alkanes) is 6. The number of nitrogens with zero attached hydrogens (tertiary/aromatic N) is 1. The van der Waals surface area contributed by atoms with E-state index in [2.05, 4.69) is 6.08 Å². The third kappa shape index (κ3) is 14.3. The van der Waals surface area contributed by atoms with E-state index in [1.807, 2.05) is 6.08 Å². The van der Waals surface area contributed by atoms with E-state index in [1.54, 1.807) is 21.1 Å². The van der Waals surface area contributed by atoms with Crippen molar-refractivity contribution in [3.05, 3.63) is 12.2 Å². The third-order valence-corrected chi connectivity index (χ3v) is 4.39. The highest BCUT2D eigenvalue weighted by atomic mass is 16.4. The van der Waals surface area contributed by atoms with Crippen molar-refractivity contribution in [2.45, 2.75) is 76.2 Å². The summed E-state index contributed by atoms with van der Waals surface area (Å²) in [6.45, 7) is 0.0299. The van der Waals surface area contributed by atoms with Crippen LogP contribution in [0.1, 0.15) is 70.6 Å². The molecule has 0 fully saturated rings. The number of rotatable bonds is 17. The molecule has 0 aromatic rings. The maximum Gasteiger partial charge on any atom is 0.303 e. The van der Waals surface area contributed by atoms with Crippen LogP contribution in [0.15, 0.2) is 12.2 Å². The van der Waals surface area contributed by atoms with Crippen LogP contribution >= 0.6 is 0 Å². The number of carboxylic acids is 2. The topological polar surface area (TPSA) is 115 Å². The van der Waals surface area contributed by atoms with Gasteiger partial charge in [0.2, 0.25) is 0 Å². The number of carbonyl (C=O) groups excluding carboxylic acids is 2. The number of carboxylic acid groups (broad SMARTS) is 2. The first kappa shape index (κ1) is 26.3. The zero-order chi connectivity index (χ0) is 21.6. The Morgan fingerprint density at radius 3 is 1.96 bits per heavy atom. The summed E-state index contributed by atoms with van der Waals surface area (Å²) in [5.41, 5.74) is -1.89. The second-order valence-corrected chi connectivity index (χ2v) is 8.52. The second-order valence-electron chi connectivity index (χ2n) is 8.52. The summed E-state index contributed by atoms with van der Waals surface area (Å²) in [7, 11) is 5.38. The summed E-state index contributed by atoms with van der Waals surface area (Å²) in [5.74, 6) is -2.61. The molecule has 0 aromatic carbocycles. The van der Waals surface area contributed by atoms with Gasteiger partial charge < -0.3 is 24.6 Å². The van der Waals surface area contributed by atoms with Gasteiger partial charge in [-0.25, -0.2) is 0 Å². The monoisotopic (exact) mass is 399 g/mol. The van der Waals surface area contributed by atoms with Gasteiger partial charge in [-0.15, -0.1) is 0 Å². The fourth-order valence-electron chi connectivity index (χ4n) is 3.18. The molecule has 7 heteroatoms. The lowest BCUT2D eigenvalue weighted by molar-refractivity contribution is -0.875. The lowest BCUT2D eigenvalue weighted by Gasteiger charge is -2.34. The van der Waals surface area contributed by atoms with Gasteiger partial charge in [-0.2, -0.15) is 0 Å². The molecule has 0 bridgehead atoms. The highest BCUT2D eigenvalue weighted by Crippen LogP contribution is 2.19. The molecule has 0 spiro atoms. The number of aliphatic carboxylic acids is 2. The summed E-state index contributed by atoms with van der Waals surface area (Å²) < 4.78 is 0.283. The standard InChI is InChI=1S/C21H37NO6/c1-22(2,3)17-21(28,16-20(26)27)18(23)14-12-10-8-6-4-5-7-9-11-13-15-19(24)25/h6,8,28H,4-5,7,9-17H2,1-3H3,(H-,24,25,26,27). The van der Waals surface area contributed by atoms with Crippen LogP contribution in [-0.2, 0) is 14.4 Å². The molecule has 7 nitrogen and oxygen atoms in total. The molecule has 0 aromatic heterocycles. The average molecular weight is 400 g/mol. The van der Waals surface area contributed by atoms with Crippen molar-refractivity contribution in [1.29, 1.82) is 0 Å². The predicted octanol–water partition coefficient (Wildman–Crippen LogP) is 1.67. The van der Waals surface area contributed by atoms with Gasteiger partial charge in [0.1, 0.15) is 6.54 Å². The van der Waals surface area contributed by atoms with E-state index in [9.17, 15) is 24.6 Å². The number of aliphatic hydroxyl groups is 1. The molecule has 1 unspecified atom stereocenters. The zero-order valence-electron chi connectivity index (χ0n) is 17.6. The zero-order valence-corrected chi connectivity index (χ0v) is 17.6. The molecule has 0 aliphatic heterocycles. The highest BCUT2D eigenvalue weighted by Gasteiger charge is 2.40. The Kier molecular flexibility index (Phi) is 12.6. The van der Waals surface area contributed by atoms with Gasteiger partial charge >= 0.3 is 5.97 Å². The normalized spacial score (nSPS) is 14.1. The first-order valence-corrected chi connectivity index (χ1v) is 10.1. The maximum atomic E-state index is 12.4. The van der Waals surface area contributed by atoms with E-state index < -0.39 is 29.7 Å². The van der Waals surface area contributed by atoms with E-state index in [1.165, 1.54) is 0 Å². The van der Waals surface area contributed by atoms with Gasteiger partial charge in [0.15, 0.2) is 11.4 Å². The summed E-state index contributed by atoms with van der Waals surface area (Å²) in [5, 5.41) is 30.0. The second kappa shape index (κ2) is 13.4. The molecule has 0 radical (unpaired) electrons. The molecule has 0 heterocycles. The Hall–Kier alpha value is -1.73. The van der Waals surface area contributed by atoms with Crippen LogP contribution in [0.5, 0.6) is 0 Å². The van der Waals surface area contributed by atoms with Gasteiger partial charge in [0, 0.05) is 25.2 Å². The Morgan fingerprint density at radius 1 is 0.893 bits per heavy atom. The molecule has 162 valence electrons. The van der Waals surface area contributed by atoms with Gasteiger partial charge in [0.25, 0.3) is 0 Å². The van der Waals surface area contributed by atoms with Crippen molar-refractivity contribution < 1.29 is 34.2 Å². The van der Waals surface area contributed by atoms with Crippen LogP contribution in [0.4, 0.5) is 0 Å². The molecule has 2 N–H and O–H groups in total. The molecule has 0 amide bonds. The van der Waals surface area contributed by atoms with E-state index >= 15 is 0 Å². The molecule has 0 rings (SSSR count). The average Bonchev–Trinajstić information content (AvgIpc) is 2.52. The smallest absolute Gasteiger partial charge is 0.303 e. The molecule has 0 aliphatic rings. The number of quaternary nitrogens is 1. The third-order valence-electron chi connectivity index (χ3n) is 4.39. The minimum atomic E-state index is -1.89. The summed E-state index contributed by atoms with van der Waals surface area (Å²) >= 11 is 0. The van der Waals surface area contributed by atoms with Crippen molar-refractivity contribution in [3.63, 3.8) is 0 Å². The van der Waals surface area contributed by atoms with Crippen molar-refractivity contribution in [2.75, 3.05) is 27.7 Å². The molecule has 0 saturated carbocycles. The van der Waals surface area contributed by atoms with E-state index in [-0.39, 0.29) is 23.9 Å². The summed E-state index contributed by atoms with van der Waals surface area (Å²) in [4.78, 5) is 33.7. The minimum Gasteiger partial charge on any atom is -0.550 e. The lowest BCUT2D eigenvalue weighted by Crippen LogP contribution is -2.56. The number of hydrogen-bond acceptors (Lipinski definition) is 5. The number of ketones is 1. The van der Waals surface area contributed by atoms with E-state index in [0.29, 0.717) is 12.8 Å². The maximum absolute atomic E-state index is 12.4. The van der Waals surface area contributed by atoms with Crippen LogP contribution in [0.3, 0.4) is 0 Å². The van der Waals surface area contributed by atoms with Crippen LogP contribution in [0.2, 0.25) is 0 Å². The number of Topliss-reactive ketones (excluding diaryl/α,β-unsaturated/α-hetero) is 1. The minimum absolute atomic E-state index is 0.0299. The molecule has 1 atom stereocenters. The van der Waals surface area contributed by atoms with Crippen LogP contribution in [0.25, 0.3) is 0 Å². The van der Waals surface area contributed by atoms with Gasteiger partial charge in [0.05, 0.1) is 21.1 Å². The quantitative estimate of drug-likeness (QED) is 0.218. The Labute approximate surface area is 168 Å². The fraction of sp³-hybridized carbons (Fsp3) is 0.762. The Bertz CT molecular complexity index is 523. The van der Waals surface area contributed by atoms with Crippen molar-refractivity contribution >= 4 is 17.7 Å². The van der Waals surface area contributed by atoms with Crippen LogP contribution in [-0.4, -0.2) is 65.7 Å². The van der Waals surface area contributed by atoms with Crippen LogP contribution < -0.4 is 5.11 Å². The number of carbonyl (C=O) groups is 3. The first-order chi connectivity index (χ1) is 13.0. The van der Waals surface area contributed by atoms with Crippen molar-refractivity contribution in [3.8, 4) is 0 Å². The number of hydrogen-bond donors (Lipinski definition) is 2. The van der Waals surface area contributed by atoms with E-state index in [4.69, 9.17) is 5.11 Å². The molecular formula is C21H37NO6. The largest absolute Gasteiger partial charge is 0.550 e. The van der Waals surface area contributed by atoms with Gasteiger partial charge in [-0.05, 0) is 32.1 Å².